The van der Waals surface area contributed by atoms with E-state index in [1.54, 1.807) is 0 Å². The summed E-state index contributed by atoms with van der Waals surface area (Å²) >= 11 is 0. The number of hydrogen-bond acceptors (Lipinski definition) is 6. The van der Waals surface area contributed by atoms with Gasteiger partial charge in [0.1, 0.15) is 13.2 Å². The lowest BCUT2D eigenvalue weighted by molar-refractivity contribution is -0.166. The van der Waals surface area contributed by atoms with Gasteiger partial charge in [0, 0.05) is 19.3 Å². The highest BCUT2D eigenvalue weighted by Gasteiger charge is 2.19. The molecule has 0 aliphatic carbocycles. The Labute approximate surface area is 355 Å². The van der Waals surface area contributed by atoms with Gasteiger partial charge in [-0.05, 0) is 103 Å². The molecule has 326 valence electrons. The second-order valence-electron chi connectivity index (χ2n) is 14.5. The number of hydrogen-bond donors (Lipinski definition) is 0. The number of unbranched alkanes of at least 4 members (excludes halogenated alkanes) is 10. The molecule has 0 aromatic heterocycles. The number of carbonyl (C=O) groups excluding carboxylic acids is 3. The molecular formula is C52H82O6. The second-order valence-corrected chi connectivity index (χ2v) is 14.5. The lowest BCUT2D eigenvalue weighted by Gasteiger charge is -2.18. The van der Waals surface area contributed by atoms with Crippen LogP contribution in [0.25, 0.3) is 0 Å². The van der Waals surface area contributed by atoms with Crippen molar-refractivity contribution in [3.8, 4) is 0 Å². The molecule has 58 heavy (non-hydrogen) atoms. The minimum Gasteiger partial charge on any atom is -0.462 e. The zero-order chi connectivity index (χ0) is 42.3. The van der Waals surface area contributed by atoms with Gasteiger partial charge in [-0.15, -0.1) is 0 Å². The Balaban J connectivity index is 4.58. The minimum atomic E-state index is -0.841. The lowest BCUT2D eigenvalue weighted by Crippen LogP contribution is -2.30. The van der Waals surface area contributed by atoms with Gasteiger partial charge in [-0.3, -0.25) is 14.4 Å². The average Bonchev–Trinajstić information content (AvgIpc) is 3.22. The van der Waals surface area contributed by atoms with Crippen LogP contribution in [0.15, 0.2) is 109 Å². The molecule has 6 nitrogen and oxygen atoms in total. The van der Waals surface area contributed by atoms with Crippen LogP contribution in [0.2, 0.25) is 0 Å². The normalized spacial score (nSPS) is 13.1. The molecule has 0 aliphatic rings. The molecule has 0 spiro atoms. The van der Waals surface area contributed by atoms with Gasteiger partial charge in [0.05, 0.1) is 0 Å². The Morgan fingerprint density at radius 3 is 1.19 bits per heavy atom. The van der Waals surface area contributed by atoms with Crippen LogP contribution < -0.4 is 0 Å². The van der Waals surface area contributed by atoms with E-state index >= 15 is 0 Å². The highest BCUT2D eigenvalue weighted by atomic mass is 16.6. The Morgan fingerprint density at radius 2 is 0.724 bits per heavy atom. The molecule has 1 atom stereocenters. The monoisotopic (exact) mass is 803 g/mol. The van der Waals surface area contributed by atoms with Crippen LogP contribution in [0.4, 0.5) is 0 Å². The number of rotatable bonds is 39. The largest absolute Gasteiger partial charge is 0.462 e. The maximum Gasteiger partial charge on any atom is 0.306 e. The molecule has 0 aromatic carbocycles. The van der Waals surface area contributed by atoms with Crippen molar-refractivity contribution in [1.82, 2.24) is 0 Å². The van der Waals surface area contributed by atoms with Crippen LogP contribution >= 0.6 is 0 Å². The maximum absolute atomic E-state index is 12.7. The van der Waals surface area contributed by atoms with Crippen molar-refractivity contribution in [1.29, 1.82) is 0 Å². The summed E-state index contributed by atoms with van der Waals surface area (Å²) in [6.07, 6.45) is 60.9. The number of ether oxygens (including phenoxy) is 3. The molecule has 0 aliphatic heterocycles. The smallest absolute Gasteiger partial charge is 0.306 e. The Kier molecular flexibility index (Phi) is 42.7. The van der Waals surface area contributed by atoms with E-state index in [9.17, 15) is 14.4 Å². The van der Waals surface area contributed by atoms with Crippen molar-refractivity contribution in [3.05, 3.63) is 109 Å². The predicted molar refractivity (Wildman–Crippen MR) is 247 cm³/mol. The molecule has 0 bridgehead atoms. The Hall–Kier alpha value is -3.93. The zero-order valence-corrected chi connectivity index (χ0v) is 37.0. The number of allylic oxidation sites excluding steroid dienone is 18. The Morgan fingerprint density at radius 1 is 0.362 bits per heavy atom. The molecule has 0 N–H and O–H groups in total. The fourth-order valence-corrected chi connectivity index (χ4v) is 5.62. The Bertz CT molecular complexity index is 1240. The van der Waals surface area contributed by atoms with Crippen molar-refractivity contribution in [2.45, 2.75) is 187 Å². The van der Waals surface area contributed by atoms with Gasteiger partial charge in [0.2, 0.25) is 0 Å². The summed E-state index contributed by atoms with van der Waals surface area (Å²) in [7, 11) is 0. The number of carbonyl (C=O) groups is 3. The van der Waals surface area contributed by atoms with E-state index in [-0.39, 0.29) is 38.0 Å². The standard InChI is InChI=1S/C52H82O6/c1-4-7-10-13-16-19-22-24-25-26-28-30-33-36-39-42-45-51(54)57-48-49(47-56-50(53)44-41-38-35-32-29-21-18-15-12-9-6-3)58-52(55)46-43-40-37-34-31-27-23-20-17-14-11-8-5-2/h7,9-10,12,16,18-19,21,24-25,27-28,30-32,35,37,40,49H,4-6,8,11,13-15,17,20,22-23,26,29,33-34,36,38-39,41-48H2,1-3H3/b10-7-,12-9-,19-16-,21-18-,25-24-,30-28-,31-27-,35-32-,40-37-. The maximum atomic E-state index is 12.7. The van der Waals surface area contributed by atoms with Crippen molar-refractivity contribution in [2.75, 3.05) is 13.2 Å². The average molecular weight is 803 g/mol. The van der Waals surface area contributed by atoms with E-state index in [1.807, 2.05) is 6.08 Å². The third kappa shape index (κ3) is 43.2. The molecule has 0 amide bonds. The molecule has 0 saturated carbocycles. The molecule has 0 fully saturated rings. The predicted octanol–water partition coefficient (Wildman–Crippen LogP) is 14.8. The second kappa shape index (κ2) is 45.8. The van der Waals surface area contributed by atoms with Gasteiger partial charge in [-0.25, -0.2) is 0 Å². The van der Waals surface area contributed by atoms with E-state index in [0.29, 0.717) is 19.3 Å². The quantitative estimate of drug-likeness (QED) is 0.0267. The number of esters is 3. The summed E-state index contributed by atoms with van der Waals surface area (Å²) < 4.78 is 16.6. The summed E-state index contributed by atoms with van der Waals surface area (Å²) in [4.78, 5) is 37.7. The first kappa shape index (κ1) is 54.1. The first-order chi connectivity index (χ1) is 28.5. The van der Waals surface area contributed by atoms with Crippen LogP contribution in [0, 0.1) is 0 Å². The van der Waals surface area contributed by atoms with Crippen LogP contribution in [-0.2, 0) is 28.6 Å². The minimum absolute atomic E-state index is 0.135. The first-order valence-corrected chi connectivity index (χ1v) is 22.9. The fourth-order valence-electron chi connectivity index (χ4n) is 5.62. The van der Waals surface area contributed by atoms with Crippen LogP contribution in [-0.4, -0.2) is 37.2 Å². The van der Waals surface area contributed by atoms with Gasteiger partial charge < -0.3 is 14.2 Å². The lowest BCUT2D eigenvalue weighted by atomic mass is 10.1. The zero-order valence-electron chi connectivity index (χ0n) is 37.0. The summed E-state index contributed by atoms with van der Waals surface area (Å²) in [6.45, 7) is 6.23. The summed E-state index contributed by atoms with van der Waals surface area (Å²) in [5, 5.41) is 0. The highest BCUT2D eigenvalue weighted by molar-refractivity contribution is 5.71. The van der Waals surface area contributed by atoms with Gasteiger partial charge >= 0.3 is 17.9 Å². The molecule has 0 radical (unpaired) electrons. The van der Waals surface area contributed by atoms with Crippen LogP contribution in [0.5, 0.6) is 0 Å². The van der Waals surface area contributed by atoms with Crippen molar-refractivity contribution >= 4 is 17.9 Å². The van der Waals surface area contributed by atoms with Crippen molar-refractivity contribution < 1.29 is 28.6 Å². The fraction of sp³-hybridized carbons (Fsp3) is 0.596. The van der Waals surface area contributed by atoms with Crippen LogP contribution in [0.1, 0.15) is 181 Å². The third-order valence-corrected chi connectivity index (χ3v) is 9.01. The van der Waals surface area contributed by atoms with Gasteiger partial charge in [-0.1, -0.05) is 169 Å². The summed E-state index contributed by atoms with van der Waals surface area (Å²) in [6, 6.07) is 0. The summed E-state index contributed by atoms with van der Waals surface area (Å²) in [5.41, 5.74) is 0. The van der Waals surface area contributed by atoms with E-state index in [2.05, 4.69) is 124 Å². The summed E-state index contributed by atoms with van der Waals surface area (Å²) in [5.74, 6) is -1.10. The van der Waals surface area contributed by atoms with Gasteiger partial charge in [0.15, 0.2) is 6.10 Å². The molecular weight excluding hydrogens is 721 g/mol. The van der Waals surface area contributed by atoms with Gasteiger partial charge in [0.25, 0.3) is 0 Å². The van der Waals surface area contributed by atoms with Crippen LogP contribution in [0.3, 0.4) is 0 Å². The van der Waals surface area contributed by atoms with E-state index < -0.39 is 12.1 Å². The van der Waals surface area contributed by atoms with E-state index in [0.717, 1.165) is 89.9 Å². The topological polar surface area (TPSA) is 78.9 Å². The van der Waals surface area contributed by atoms with Gasteiger partial charge in [-0.2, -0.15) is 0 Å². The first-order valence-electron chi connectivity index (χ1n) is 22.9. The molecule has 0 rings (SSSR count). The van der Waals surface area contributed by atoms with E-state index in [1.165, 1.54) is 38.5 Å². The third-order valence-electron chi connectivity index (χ3n) is 9.01. The molecule has 0 aromatic rings. The highest BCUT2D eigenvalue weighted by Crippen LogP contribution is 2.10. The van der Waals surface area contributed by atoms with Crippen molar-refractivity contribution in [2.24, 2.45) is 0 Å². The SMILES string of the molecule is CC/C=C\C/C=C\C/C=C\C/C=C\CCCCCC(=O)OCC(COC(=O)CCC/C=C\C/C=C\C/C=C\CC)OC(=O)CC/C=C\C/C=C\CCCCCCCC. The van der Waals surface area contributed by atoms with E-state index in [4.69, 9.17) is 14.2 Å². The molecule has 1 unspecified atom stereocenters. The van der Waals surface area contributed by atoms with Crippen molar-refractivity contribution in [3.63, 3.8) is 0 Å². The molecule has 0 heterocycles. The molecule has 6 heteroatoms. The molecule has 0 saturated heterocycles.